The van der Waals surface area contributed by atoms with Gasteiger partial charge in [-0.2, -0.15) is 0 Å². The van der Waals surface area contributed by atoms with Crippen LogP contribution in [0.3, 0.4) is 0 Å². The van der Waals surface area contributed by atoms with Crippen molar-refractivity contribution in [3.05, 3.63) is 12.2 Å². The van der Waals surface area contributed by atoms with Crippen molar-refractivity contribution in [2.75, 3.05) is 0 Å². The summed E-state index contributed by atoms with van der Waals surface area (Å²) >= 11 is 0. The molecule has 0 N–H and O–H groups in total. The number of hydrogen-bond donors (Lipinski definition) is 0. The van der Waals surface area contributed by atoms with E-state index in [2.05, 4.69) is 26.0 Å². The molecule has 0 aliphatic heterocycles. The smallest absolute Gasteiger partial charge is 0.310 e. The van der Waals surface area contributed by atoms with Crippen molar-refractivity contribution in [2.45, 2.75) is 64.4 Å². The second-order valence-electron chi connectivity index (χ2n) is 9.62. The first-order valence-corrected chi connectivity index (χ1v) is 9.97. The largest absolute Gasteiger partial charge is 0.458 e. The third-order valence-corrected chi connectivity index (χ3v) is 8.18. The van der Waals surface area contributed by atoms with Crippen molar-refractivity contribution < 1.29 is 9.53 Å². The molecule has 0 spiro atoms. The molecule has 2 nitrogen and oxygen atoms in total. The maximum absolute atomic E-state index is 13.1. The average Bonchev–Trinajstić information content (AvgIpc) is 3.12. The number of carbonyl (C=O) groups excluding carboxylic acids is 1. The molecule has 0 heterocycles. The van der Waals surface area contributed by atoms with E-state index in [0.717, 1.165) is 18.3 Å². The van der Waals surface area contributed by atoms with Crippen molar-refractivity contribution >= 4 is 5.97 Å². The van der Waals surface area contributed by atoms with E-state index in [9.17, 15) is 4.79 Å². The fourth-order valence-corrected chi connectivity index (χ4v) is 7.45. The Balaban J connectivity index is 1.42. The summed E-state index contributed by atoms with van der Waals surface area (Å²) in [5, 5.41) is 0. The molecular weight excluding hydrogens is 284 g/mol. The molecule has 0 aromatic heterocycles. The average molecular weight is 314 g/mol. The zero-order valence-electron chi connectivity index (χ0n) is 14.5. The molecule has 0 aromatic rings. The maximum Gasteiger partial charge on any atom is 0.310 e. The highest BCUT2D eigenvalue weighted by Crippen LogP contribution is 2.62. The highest BCUT2D eigenvalue weighted by molar-refractivity contribution is 5.74. The third kappa shape index (κ3) is 1.96. The Morgan fingerprint density at radius 1 is 0.957 bits per heavy atom. The summed E-state index contributed by atoms with van der Waals surface area (Å²) in [5.41, 5.74) is -0.143. The molecule has 0 aromatic carbocycles. The highest BCUT2D eigenvalue weighted by atomic mass is 16.6. The summed E-state index contributed by atoms with van der Waals surface area (Å²) in [6, 6.07) is 0. The Kier molecular flexibility index (Phi) is 3.07. The molecule has 0 amide bonds. The first kappa shape index (κ1) is 14.5. The van der Waals surface area contributed by atoms with Crippen molar-refractivity contribution in [2.24, 2.45) is 47.3 Å². The van der Waals surface area contributed by atoms with Crippen LogP contribution < -0.4 is 0 Å². The molecular formula is C21H30O2. The molecule has 6 rings (SSSR count). The van der Waals surface area contributed by atoms with Crippen LogP contribution in [0.4, 0.5) is 0 Å². The van der Waals surface area contributed by atoms with Crippen LogP contribution in [0, 0.1) is 47.3 Å². The van der Waals surface area contributed by atoms with Gasteiger partial charge in [0.25, 0.3) is 0 Å². The number of ether oxygens (including phenoxy) is 1. The van der Waals surface area contributed by atoms with Gasteiger partial charge in [-0.25, -0.2) is 0 Å². The minimum absolute atomic E-state index is 0.142. The van der Waals surface area contributed by atoms with Crippen LogP contribution >= 0.6 is 0 Å². The predicted octanol–water partition coefficient (Wildman–Crippen LogP) is 4.59. The van der Waals surface area contributed by atoms with Gasteiger partial charge in [0.15, 0.2) is 0 Å². The highest BCUT2D eigenvalue weighted by Gasteiger charge is 2.61. The first-order chi connectivity index (χ1) is 11.1. The standard InChI is InChI=1S/C21H30O2/c1-12(2)21(17-7-14-5-15(9-17)10-18(21)8-14)23-20(22)19-11-13-3-4-16(19)6-13/h3-4,12-19H,5-11H2,1-2H3. The van der Waals surface area contributed by atoms with E-state index in [1.165, 1.54) is 38.5 Å². The van der Waals surface area contributed by atoms with Gasteiger partial charge in [0.1, 0.15) is 5.60 Å². The number of fused-ring (bicyclic) bond motifs is 2. The van der Waals surface area contributed by atoms with E-state index < -0.39 is 0 Å². The van der Waals surface area contributed by atoms with Gasteiger partial charge in [-0.1, -0.05) is 26.0 Å². The Hall–Kier alpha value is -0.790. The lowest BCUT2D eigenvalue weighted by Gasteiger charge is -2.62. The van der Waals surface area contributed by atoms with Crippen LogP contribution in [0.15, 0.2) is 12.2 Å². The Morgan fingerprint density at radius 2 is 1.61 bits per heavy atom. The van der Waals surface area contributed by atoms with Gasteiger partial charge in [0.05, 0.1) is 5.92 Å². The zero-order chi connectivity index (χ0) is 15.8. The van der Waals surface area contributed by atoms with Crippen LogP contribution in [-0.2, 0) is 9.53 Å². The molecule has 5 fully saturated rings. The summed E-state index contributed by atoms with van der Waals surface area (Å²) in [7, 11) is 0. The lowest BCUT2D eigenvalue weighted by Crippen LogP contribution is -2.62. The van der Waals surface area contributed by atoms with E-state index >= 15 is 0 Å². The minimum Gasteiger partial charge on any atom is -0.458 e. The minimum atomic E-state index is -0.143. The monoisotopic (exact) mass is 314 g/mol. The molecule has 2 heteroatoms. The van der Waals surface area contributed by atoms with E-state index in [1.807, 2.05) is 0 Å². The number of hydrogen-bond acceptors (Lipinski definition) is 2. The van der Waals surface area contributed by atoms with Crippen molar-refractivity contribution in [3.63, 3.8) is 0 Å². The van der Waals surface area contributed by atoms with Crippen LogP contribution in [0.25, 0.3) is 0 Å². The van der Waals surface area contributed by atoms with Crippen LogP contribution in [0.5, 0.6) is 0 Å². The van der Waals surface area contributed by atoms with E-state index in [0.29, 0.717) is 29.6 Å². The maximum atomic E-state index is 13.1. The van der Waals surface area contributed by atoms with Gasteiger partial charge in [-0.05, 0) is 86.4 Å². The van der Waals surface area contributed by atoms with Crippen LogP contribution in [-0.4, -0.2) is 11.6 Å². The topological polar surface area (TPSA) is 26.3 Å². The van der Waals surface area contributed by atoms with Gasteiger partial charge in [0.2, 0.25) is 0 Å². The number of allylic oxidation sites excluding steroid dienone is 2. The zero-order valence-corrected chi connectivity index (χ0v) is 14.5. The van der Waals surface area contributed by atoms with Crippen LogP contribution in [0.2, 0.25) is 0 Å². The number of esters is 1. The van der Waals surface area contributed by atoms with Crippen molar-refractivity contribution in [1.82, 2.24) is 0 Å². The summed E-state index contributed by atoms with van der Waals surface area (Å²) in [5.74, 6) is 4.98. The van der Waals surface area contributed by atoms with Crippen molar-refractivity contribution in [1.29, 1.82) is 0 Å². The molecule has 6 aliphatic carbocycles. The van der Waals surface area contributed by atoms with Gasteiger partial charge in [-0.15, -0.1) is 0 Å². The molecule has 0 saturated heterocycles. The normalized spacial score (nSPS) is 52.6. The predicted molar refractivity (Wildman–Crippen MR) is 89.6 cm³/mol. The first-order valence-electron chi connectivity index (χ1n) is 9.97. The Bertz CT molecular complexity index is 518. The molecule has 6 bridgehead atoms. The van der Waals surface area contributed by atoms with Gasteiger partial charge >= 0.3 is 5.97 Å². The lowest BCUT2D eigenvalue weighted by atomic mass is 9.47. The van der Waals surface area contributed by atoms with Gasteiger partial charge in [0, 0.05) is 0 Å². The molecule has 5 saturated carbocycles. The molecule has 3 atom stereocenters. The molecule has 0 radical (unpaired) electrons. The van der Waals surface area contributed by atoms with Gasteiger partial charge < -0.3 is 4.74 Å². The fraction of sp³-hybridized carbons (Fsp3) is 0.857. The second kappa shape index (κ2) is 4.86. The number of rotatable bonds is 3. The molecule has 23 heavy (non-hydrogen) atoms. The van der Waals surface area contributed by atoms with Crippen molar-refractivity contribution in [3.8, 4) is 0 Å². The third-order valence-electron chi connectivity index (χ3n) is 8.18. The molecule has 3 unspecified atom stereocenters. The lowest BCUT2D eigenvalue weighted by molar-refractivity contribution is -0.228. The molecule has 6 aliphatic rings. The number of carbonyl (C=O) groups is 1. The Labute approximate surface area is 140 Å². The van der Waals surface area contributed by atoms with E-state index in [-0.39, 0.29) is 17.5 Å². The van der Waals surface area contributed by atoms with E-state index in [4.69, 9.17) is 4.74 Å². The summed E-state index contributed by atoms with van der Waals surface area (Å²) in [6.07, 6.45) is 13.5. The second-order valence-corrected chi connectivity index (χ2v) is 9.62. The Morgan fingerprint density at radius 3 is 2.09 bits per heavy atom. The molecule has 126 valence electrons. The van der Waals surface area contributed by atoms with Crippen LogP contribution in [0.1, 0.15) is 58.8 Å². The van der Waals surface area contributed by atoms with Gasteiger partial charge in [-0.3, -0.25) is 4.79 Å². The van der Waals surface area contributed by atoms with E-state index in [1.54, 1.807) is 0 Å². The summed E-state index contributed by atoms with van der Waals surface area (Å²) < 4.78 is 6.54. The summed E-state index contributed by atoms with van der Waals surface area (Å²) in [6.45, 7) is 4.60. The summed E-state index contributed by atoms with van der Waals surface area (Å²) in [4.78, 5) is 13.1. The SMILES string of the molecule is CC(C)C1(OC(=O)C2CC3C=CC2C3)C2CC3CC(C2)CC1C3. The quantitative estimate of drug-likeness (QED) is 0.562. The fourth-order valence-electron chi connectivity index (χ4n) is 7.45.